The first kappa shape index (κ1) is 22.8. The van der Waals surface area contributed by atoms with Gasteiger partial charge in [-0.05, 0) is 30.3 Å². The van der Waals surface area contributed by atoms with Gasteiger partial charge in [0, 0.05) is 31.2 Å². The third-order valence-corrected chi connectivity index (χ3v) is 8.69. The van der Waals surface area contributed by atoms with E-state index >= 15 is 0 Å². The fourth-order valence-corrected chi connectivity index (χ4v) is 6.28. The predicted molar refractivity (Wildman–Crippen MR) is 120 cm³/mol. The lowest BCUT2D eigenvalue weighted by molar-refractivity contribution is -0.139. The summed E-state index contributed by atoms with van der Waals surface area (Å²) in [6.07, 6.45) is 0.00766. The molecule has 2 aliphatic heterocycles. The molecule has 2 aliphatic rings. The minimum Gasteiger partial charge on any atom is -0.476 e. The molecule has 12 heteroatoms. The molecule has 1 saturated heterocycles. The highest BCUT2D eigenvalue weighted by atomic mass is 35.5. The number of fused-ring (bicyclic) bond motifs is 1. The second-order valence-corrected chi connectivity index (χ2v) is 11.8. The van der Waals surface area contributed by atoms with Crippen molar-refractivity contribution in [2.75, 3.05) is 43.3 Å². The maximum absolute atomic E-state index is 13.1. The second kappa shape index (κ2) is 8.54. The zero-order chi connectivity index (χ0) is 23.1. The number of nitrogens with zero attached hydrogens (tertiary/aromatic N) is 3. The number of hydrogen-bond donors (Lipinski definition) is 0. The largest absolute Gasteiger partial charge is 0.476 e. The summed E-state index contributed by atoms with van der Waals surface area (Å²) in [6, 6.07) is 12.7. The molecule has 2 aromatic rings. The lowest BCUT2D eigenvalue weighted by Crippen LogP contribution is -2.56. The van der Waals surface area contributed by atoms with Crippen LogP contribution >= 0.6 is 11.6 Å². The first-order valence-electron chi connectivity index (χ1n) is 9.85. The molecular formula is C20H22ClN3O6S2. The Morgan fingerprint density at radius 2 is 1.66 bits per heavy atom. The Morgan fingerprint density at radius 3 is 2.28 bits per heavy atom. The van der Waals surface area contributed by atoms with Crippen LogP contribution in [0.1, 0.15) is 0 Å². The Balaban J connectivity index is 1.48. The topological polar surface area (TPSA) is 104 Å². The Hall–Kier alpha value is -2.34. The molecule has 0 spiro atoms. The van der Waals surface area contributed by atoms with Crippen molar-refractivity contribution < 1.29 is 26.4 Å². The molecular weight excluding hydrogens is 478 g/mol. The highest BCUT2D eigenvalue weighted by Gasteiger charge is 2.39. The number of carbonyl (C=O) groups excluding carboxylic acids is 1. The SMILES string of the molecule is CS(=O)(=O)N1C[C@H](C(=O)N2CCN(S(=O)(=O)c3ccccc3)CC2)Oc2ccc(Cl)cc21. The average Bonchev–Trinajstić information content (AvgIpc) is 2.78. The molecule has 32 heavy (non-hydrogen) atoms. The lowest BCUT2D eigenvalue weighted by atomic mass is 10.2. The maximum atomic E-state index is 13.1. The van der Waals surface area contributed by atoms with Crippen molar-refractivity contribution >= 4 is 43.2 Å². The lowest BCUT2D eigenvalue weighted by Gasteiger charge is -2.39. The van der Waals surface area contributed by atoms with Gasteiger partial charge in [-0.2, -0.15) is 4.31 Å². The zero-order valence-corrected chi connectivity index (χ0v) is 19.6. The highest BCUT2D eigenvalue weighted by molar-refractivity contribution is 7.92. The first-order valence-corrected chi connectivity index (χ1v) is 13.5. The molecule has 1 amide bonds. The first-order chi connectivity index (χ1) is 15.1. The van der Waals surface area contributed by atoms with E-state index in [1.807, 2.05) is 0 Å². The molecule has 0 bridgehead atoms. The molecule has 0 saturated carbocycles. The molecule has 172 valence electrons. The van der Waals surface area contributed by atoms with Gasteiger partial charge >= 0.3 is 0 Å². The molecule has 0 aliphatic carbocycles. The van der Waals surface area contributed by atoms with Crippen molar-refractivity contribution in [1.82, 2.24) is 9.21 Å². The molecule has 1 fully saturated rings. The van der Waals surface area contributed by atoms with Gasteiger partial charge in [0.1, 0.15) is 5.75 Å². The summed E-state index contributed by atoms with van der Waals surface area (Å²) in [4.78, 5) is 14.8. The number of piperazine rings is 1. The van der Waals surface area contributed by atoms with E-state index in [4.69, 9.17) is 16.3 Å². The molecule has 0 radical (unpaired) electrons. The summed E-state index contributed by atoms with van der Waals surface area (Å²) in [7, 11) is -7.32. The van der Waals surface area contributed by atoms with Gasteiger partial charge in [0.25, 0.3) is 5.91 Å². The Bertz CT molecular complexity index is 1230. The molecule has 0 N–H and O–H groups in total. The van der Waals surface area contributed by atoms with E-state index in [-0.39, 0.29) is 49.1 Å². The predicted octanol–water partition coefficient (Wildman–Crippen LogP) is 1.40. The van der Waals surface area contributed by atoms with Crippen molar-refractivity contribution in [2.45, 2.75) is 11.0 Å². The van der Waals surface area contributed by atoms with E-state index in [0.29, 0.717) is 5.02 Å². The fourth-order valence-electron chi connectivity index (χ4n) is 3.76. The molecule has 4 rings (SSSR count). The van der Waals surface area contributed by atoms with Crippen molar-refractivity contribution in [1.29, 1.82) is 0 Å². The van der Waals surface area contributed by atoms with Crippen molar-refractivity contribution in [3.8, 4) is 5.75 Å². The molecule has 2 heterocycles. The number of amides is 1. The quantitative estimate of drug-likeness (QED) is 0.629. The summed E-state index contributed by atoms with van der Waals surface area (Å²) >= 11 is 6.00. The van der Waals surface area contributed by atoms with Crippen LogP contribution in [0, 0.1) is 0 Å². The average molecular weight is 500 g/mol. The Labute approximate surface area is 192 Å². The number of hydrogen-bond acceptors (Lipinski definition) is 6. The van der Waals surface area contributed by atoms with Crippen molar-refractivity contribution in [3.05, 3.63) is 53.6 Å². The normalized spacial score (nSPS) is 19.9. The third kappa shape index (κ3) is 4.42. The number of anilines is 1. The smallest absolute Gasteiger partial charge is 0.265 e. The fraction of sp³-hybridized carbons (Fsp3) is 0.350. The Kier molecular flexibility index (Phi) is 6.10. The van der Waals surface area contributed by atoms with E-state index in [0.717, 1.165) is 10.6 Å². The van der Waals surface area contributed by atoms with E-state index < -0.39 is 32.1 Å². The Morgan fingerprint density at radius 1 is 1.00 bits per heavy atom. The molecule has 0 aromatic heterocycles. The monoisotopic (exact) mass is 499 g/mol. The van der Waals surface area contributed by atoms with Gasteiger partial charge in [-0.1, -0.05) is 29.8 Å². The summed E-state index contributed by atoms with van der Waals surface area (Å²) in [5, 5.41) is 0.349. The summed E-state index contributed by atoms with van der Waals surface area (Å²) in [5.41, 5.74) is 0.280. The summed E-state index contributed by atoms with van der Waals surface area (Å²) in [6.45, 7) is 0.442. The van der Waals surface area contributed by atoms with Crippen molar-refractivity contribution in [3.63, 3.8) is 0 Å². The van der Waals surface area contributed by atoms with Crippen LogP contribution in [0.15, 0.2) is 53.4 Å². The minimum atomic E-state index is -3.68. The number of carbonyl (C=O) groups is 1. The van der Waals surface area contributed by atoms with Crippen LogP contribution in [-0.2, 0) is 24.8 Å². The van der Waals surface area contributed by atoms with Gasteiger partial charge in [-0.3, -0.25) is 9.10 Å². The number of halogens is 1. The standard InChI is InChI=1S/C20H22ClN3O6S2/c1-31(26,27)24-14-19(30-18-8-7-15(21)13-17(18)24)20(25)22-9-11-23(12-10-22)32(28,29)16-5-3-2-4-6-16/h2-8,13,19H,9-12,14H2,1H3/t19-/m1/s1. The van der Waals surface area contributed by atoms with E-state index in [2.05, 4.69) is 0 Å². The van der Waals surface area contributed by atoms with Gasteiger partial charge < -0.3 is 9.64 Å². The van der Waals surface area contributed by atoms with Gasteiger partial charge in [-0.15, -0.1) is 0 Å². The zero-order valence-electron chi connectivity index (χ0n) is 17.2. The van der Waals surface area contributed by atoms with Crippen LogP contribution in [0.4, 0.5) is 5.69 Å². The molecule has 1 atom stereocenters. The second-order valence-electron chi connectivity index (χ2n) is 7.56. The number of ether oxygens (including phenoxy) is 1. The van der Waals surface area contributed by atoms with Gasteiger partial charge in [0.05, 0.1) is 23.4 Å². The minimum absolute atomic E-state index is 0.137. The van der Waals surface area contributed by atoms with Crippen LogP contribution in [0.25, 0.3) is 0 Å². The molecule has 2 aromatic carbocycles. The number of benzene rings is 2. The van der Waals surface area contributed by atoms with Crippen LogP contribution < -0.4 is 9.04 Å². The van der Waals surface area contributed by atoms with E-state index in [1.165, 1.54) is 33.5 Å². The maximum Gasteiger partial charge on any atom is 0.265 e. The summed E-state index contributed by atoms with van der Waals surface area (Å²) < 4.78 is 58.5. The van der Waals surface area contributed by atoms with Crippen LogP contribution in [0.3, 0.4) is 0 Å². The van der Waals surface area contributed by atoms with E-state index in [9.17, 15) is 21.6 Å². The van der Waals surface area contributed by atoms with Crippen LogP contribution in [0.2, 0.25) is 5.02 Å². The molecule has 9 nitrogen and oxygen atoms in total. The van der Waals surface area contributed by atoms with Crippen molar-refractivity contribution in [2.24, 2.45) is 0 Å². The van der Waals surface area contributed by atoms with Gasteiger partial charge in [0.2, 0.25) is 20.0 Å². The van der Waals surface area contributed by atoms with Crippen LogP contribution in [-0.4, -0.2) is 77.0 Å². The van der Waals surface area contributed by atoms with E-state index in [1.54, 1.807) is 24.3 Å². The highest BCUT2D eigenvalue weighted by Crippen LogP contribution is 2.37. The number of rotatable bonds is 4. The van der Waals surface area contributed by atoms with Gasteiger partial charge in [0.15, 0.2) is 6.10 Å². The third-order valence-electron chi connectivity index (χ3n) is 5.40. The van der Waals surface area contributed by atoms with Crippen LogP contribution in [0.5, 0.6) is 5.75 Å². The van der Waals surface area contributed by atoms with Gasteiger partial charge in [-0.25, -0.2) is 16.8 Å². The number of sulfonamides is 2. The molecule has 0 unspecified atom stereocenters. The summed E-state index contributed by atoms with van der Waals surface area (Å²) in [5.74, 6) is -0.147.